The van der Waals surface area contributed by atoms with Crippen molar-refractivity contribution in [2.24, 2.45) is 0 Å². The lowest BCUT2D eigenvalue weighted by atomic mass is 10.1. The van der Waals surface area contributed by atoms with E-state index in [0.717, 1.165) is 21.8 Å². The Morgan fingerprint density at radius 2 is 2.21 bits per heavy atom. The molecule has 0 saturated carbocycles. The van der Waals surface area contributed by atoms with Gasteiger partial charge in [0.15, 0.2) is 0 Å². The van der Waals surface area contributed by atoms with Crippen LogP contribution in [-0.2, 0) is 0 Å². The Morgan fingerprint density at radius 1 is 1.29 bits per heavy atom. The fourth-order valence-electron chi connectivity index (χ4n) is 1.74. The smallest absolute Gasteiger partial charge is 0.0909 e. The topological polar surface area (TPSA) is 28.7 Å². The molecule has 3 aromatic rings. The van der Waals surface area contributed by atoms with E-state index in [0.29, 0.717) is 5.02 Å². The van der Waals surface area contributed by atoms with Crippen molar-refractivity contribution < 1.29 is 0 Å². The van der Waals surface area contributed by atoms with E-state index >= 15 is 0 Å². The van der Waals surface area contributed by atoms with Gasteiger partial charge in [0.05, 0.1) is 16.1 Å². The molecule has 0 radical (unpaired) electrons. The molecule has 3 rings (SSSR count). The van der Waals surface area contributed by atoms with Gasteiger partial charge in [-0.05, 0) is 24.3 Å². The monoisotopic (exact) mass is 202 g/mol. The van der Waals surface area contributed by atoms with Crippen molar-refractivity contribution in [1.29, 1.82) is 0 Å². The number of nitrogens with zero attached hydrogens (tertiary/aromatic N) is 1. The standard InChI is InChI=1S/C11H7ClN2/c12-9-6-7-3-5-14-10(7)8-2-1-4-13-11(8)9/h1-6,14H. The van der Waals surface area contributed by atoms with Gasteiger partial charge in [0.1, 0.15) is 0 Å². The molecule has 0 fully saturated rings. The Kier molecular flexibility index (Phi) is 1.52. The zero-order valence-corrected chi connectivity index (χ0v) is 8.05. The molecular weight excluding hydrogens is 196 g/mol. The number of rotatable bonds is 0. The van der Waals surface area contributed by atoms with Crippen LogP contribution in [0.1, 0.15) is 0 Å². The molecule has 0 bridgehead atoms. The SMILES string of the molecule is Clc1cc2cc[nH]c2c2cccnc12. The van der Waals surface area contributed by atoms with Crippen molar-refractivity contribution in [2.45, 2.75) is 0 Å². The second-order valence-electron chi connectivity index (χ2n) is 3.20. The average molecular weight is 203 g/mol. The van der Waals surface area contributed by atoms with E-state index < -0.39 is 0 Å². The summed E-state index contributed by atoms with van der Waals surface area (Å²) >= 11 is 6.12. The van der Waals surface area contributed by atoms with Gasteiger partial charge in [-0.25, -0.2) is 0 Å². The van der Waals surface area contributed by atoms with E-state index in [4.69, 9.17) is 11.6 Å². The number of H-pyrrole nitrogens is 1. The quantitative estimate of drug-likeness (QED) is 0.595. The highest BCUT2D eigenvalue weighted by Crippen LogP contribution is 2.28. The van der Waals surface area contributed by atoms with E-state index in [1.807, 2.05) is 30.5 Å². The summed E-state index contributed by atoms with van der Waals surface area (Å²) in [6, 6.07) is 7.88. The van der Waals surface area contributed by atoms with Crippen molar-refractivity contribution in [2.75, 3.05) is 0 Å². The second kappa shape index (κ2) is 2.72. The van der Waals surface area contributed by atoms with Crippen LogP contribution >= 0.6 is 11.6 Å². The lowest BCUT2D eigenvalue weighted by Crippen LogP contribution is -1.80. The summed E-state index contributed by atoms with van der Waals surface area (Å²) in [6.45, 7) is 0. The molecule has 0 amide bonds. The fourth-order valence-corrected chi connectivity index (χ4v) is 2.01. The molecular formula is C11H7ClN2. The van der Waals surface area contributed by atoms with Crippen LogP contribution in [0.5, 0.6) is 0 Å². The van der Waals surface area contributed by atoms with Crippen LogP contribution in [-0.4, -0.2) is 9.97 Å². The molecule has 0 saturated heterocycles. The maximum absolute atomic E-state index is 6.12. The molecule has 1 N–H and O–H groups in total. The number of fused-ring (bicyclic) bond motifs is 3. The fraction of sp³-hybridized carbons (Fsp3) is 0. The van der Waals surface area contributed by atoms with Gasteiger partial charge in [0.25, 0.3) is 0 Å². The van der Waals surface area contributed by atoms with Crippen molar-refractivity contribution in [3.05, 3.63) is 41.7 Å². The number of nitrogens with one attached hydrogen (secondary N) is 1. The number of aromatic nitrogens is 2. The first kappa shape index (κ1) is 7.83. The predicted molar refractivity (Wildman–Crippen MR) is 58.6 cm³/mol. The molecule has 2 aromatic heterocycles. The lowest BCUT2D eigenvalue weighted by Gasteiger charge is -2.00. The minimum Gasteiger partial charge on any atom is -0.361 e. The van der Waals surface area contributed by atoms with E-state index in [2.05, 4.69) is 9.97 Å². The summed E-state index contributed by atoms with van der Waals surface area (Å²) in [5, 5.41) is 2.89. The summed E-state index contributed by atoms with van der Waals surface area (Å²) in [4.78, 5) is 7.45. The Bertz CT molecular complexity index is 613. The highest BCUT2D eigenvalue weighted by Gasteiger charge is 2.05. The van der Waals surface area contributed by atoms with Crippen molar-refractivity contribution in [3.63, 3.8) is 0 Å². The van der Waals surface area contributed by atoms with Gasteiger partial charge in [-0.1, -0.05) is 11.6 Å². The molecule has 0 spiro atoms. The number of hydrogen-bond donors (Lipinski definition) is 1. The van der Waals surface area contributed by atoms with Crippen molar-refractivity contribution in [1.82, 2.24) is 9.97 Å². The van der Waals surface area contributed by atoms with Gasteiger partial charge in [-0.2, -0.15) is 0 Å². The largest absolute Gasteiger partial charge is 0.361 e. The number of halogens is 1. The first-order valence-corrected chi connectivity index (χ1v) is 4.74. The van der Waals surface area contributed by atoms with Crippen LogP contribution in [0.25, 0.3) is 21.8 Å². The van der Waals surface area contributed by atoms with Crippen LogP contribution in [0.15, 0.2) is 36.7 Å². The molecule has 68 valence electrons. The molecule has 2 heterocycles. The van der Waals surface area contributed by atoms with Gasteiger partial charge in [0, 0.05) is 23.2 Å². The van der Waals surface area contributed by atoms with Crippen molar-refractivity contribution in [3.8, 4) is 0 Å². The third-order valence-corrected chi connectivity index (χ3v) is 2.65. The number of benzene rings is 1. The molecule has 0 aliphatic carbocycles. The van der Waals surface area contributed by atoms with Crippen LogP contribution < -0.4 is 0 Å². The highest BCUT2D eigenvalue weighted by molar-refractivity contribution is 6.36. The molecule has 14 heavy (non-hydrogen) atoms. The van der Waals surface area contributed by atoms with E-state index in [1.54, 1.807) is 6.20 Å². The predicted octanol–water partition coefficient (Wildman–Crippen LogP) is 3.37. The Hall–Kier alpha value is -1.54. The zero-order valence-electron chi connectivity index (χ0n) is 7.29. The van der Waals surface area contributed by atoms with Gasteiger partial charge < -0.3 is 4.98 Å². The molecule has 0 unspecified atom stereocenters. The summed E-state index contributed by atoms with van der Waals surface area (Å²) in [5.74, 6) is 0. The van der Waals surface area contributed by atoms with Crippen LogP contribution in [0, 0.1) is 0 Å². The number of pyridine rings is 1. The van der Waals surface area contributed by atoms with Gasteiger partial charge in [-0.15, -0.1) is 0 Å². The summed E-state index contributed by atoms with van der Waals surface area (Å²) in [6.07, 6.45) is 3.66. The van der Waals surface area contributed by atoms with Crippen LogP contribution in [0.3, 0.4) is 0 Å². The maximum atomic E-state index is 6.12. The van der Waals surface area contributed by atoms with E-state index in [1.165, 1.54) is 0 Å². The first-order valence-electron chi connectivity index (χ1n) is 4.36. The molecule has 0 atom stereocenters. The summed E-state index contributed by atoms with van der Waals surface area (Å²) < 4.78 is 0. The van der Waals surface area contributed by atoms with E-state index in [-0.39, 0.29) is 0 Å². The second-order valence-corrected chi connectivity index (χ2v) is 3.61. The minimum absolute atomic E-state index is 0.702. The normalized spacial score (nSPS) is 11.2. The lowest BCUT2D eigenvalue weighted by molar-refractivity contribution is 1.41. The van der Waals surface area contributed by atoms with E-state index in [9.17, 15) is 0 Å². The average Bonchev–Trinajstić information content (AvgIpc) is 2.66. The Balaban J connectivity index is 2.67. The first-order chi connectivity index (χ1) is 6.86. The molecule has 1 aromatic carbocycles. The van der Waals surface area contributed by atoms with Gasteiger partial charge >= 0.3 is 0 Å². The summed E-state index contributed by atoms with van der Waals surface area (Å²) in [7, 11) is 0. The summed E-state index contributed by atoms with van der Waals surface area (Å²) in [5.41, 5.74) is 1.95. The van der Waals surface area contributed by atoms with Crippen molar-refractivity contribution >= 4 is 33.4 Å². The molecule has 0 aliphatic heterocycles. The third-order valence-electron chi connectivity index (χ3n) is 2.36. The third kappa shape index (κ3) is 0.946. The Morgan fingerprint density at radius 3 is 3.14 bits per heavy atom. The van der Waals surface area contributed by atoms with Gasteiger partial charge in [-0.3, -0.25) is 4.98 Å². The minimum atomic E-state index is 0.702. The molecule has 3 heteroatoms. The highest BCUT2D eigenvalue weighted by atomic mass is 35.5. The maximum Gasteiger partial charge on any atom is 0.0909 e. The Labute approximate surface area is 85.5 Å². The van der Waals surface area contributed by atoms with Gasteiger partial charge in [0.2, 0.25) is 0 Å². The van der Waals surface area contributed by atoms with Crippen LogP contribution in [0.4, 0.5) is 0 Å². The van der Waals surface area contributed by atoms with Crippen LogP contribution in [0.2, 0.25) is 5.02 Å². The number of aromatic amines is 1. The molecule has 2 nitrogen and oxygen atoms in total. The number of hydrogen-bond acceptors (Lipinski definition) is 1. The molecule has 0 aliphatic rings. The zero-order chi connectivity index (χ0) is 9.54.